The van der Waals surface area contributed by atoms with Crippen LogP contribution in [0.5, 0.6) is 0 Å². The van der Waals surface area contributed by atoms with Gasteiger partial charge in [-0.25, -0.2) is 0 Å². The number of ether oxygens (including phenoxy) is 1. The molecule has 6 atom stereocenters. The van der Waals surface area contributed by atoms with Gasteiger partial charge in [-0.05, 0) is 80.3 Å². The Morgan fingerprint density at radius 1 is 1.21 bits per heavy atom. The molecular weight excluding hydrogens is 294 g/mol. The largest absolute Gasteiger partial charge is 0.366 e. The van der Waals surface area contributed by atoms with Gasteiger partial charge in [0, 0.05) is 11.1 Å². The molecule has 1 aliphatic heterocycles. The first-order valence-electron chi connectivity index (χ1n) is 9.83. The monoisotopic (exact) mass is 323 g/mol. The summed E-state index contributed by atoms with van der Waals surface area (Å²) in [6, 6.07) is 0. The highest BCUT2D eigenvalue weighted by atomic mass is 16.5. The van der Waals surface area contributed by atoms with Gasteiger partial charge in [0.05, 0.1) is 12.2 Å². The molecule has 4 aliphatic carbocycles. The van der Waals surface area contributed by atoms with Crippen LogP contribution >= 0.6 is 0 Å². The standard InChI is InChI=1S/C22H29NO/c1-14-12-19-17(16-5-4-15(23)13-18(14)16)6-9-21(2)20(19)7-10-22(21)8-3-11-24-22/h3,8,13,16-17,19-20,23H,1,4-7,9-12H2,2H3/t16-,17?,19?,20?,21+,22+/m1/s1. The van der Waals surface area contributed by atoms with Gasteiger partial charge in [-0.1, -0.05) is 31.2 Å². The maximum atomic E-state index is 8.05. The first-order chi connectivity index (χ1) is 11.5. The number of fused-ring (bicyclic) bond motifs is 6. The van der Waals surface area contributed by atoms with E-state index in [9.17, 15) is 0 Å². The van der Waals surface area contributed by atoms with Crippen LogP contribution in [0.2, 0.25) is 0 Å². The van der Waals surface area contributed by atoms with Crippen molar-refractivity contribution in [1.82, 2.24) is 0 Å². The number of allylic oxidation sites excluding steroid dienone is 3. The molecule has 5 rings (SSSR count). The van der Waals surface area contributed by atoms with Gasteiger partial charge in [0.15, 0.2) is 0 Å². The van der Waals surface area contributed by atoms with Crippen LogP contribution < -0.4 is 0 Å². The Bertz CT molecular complexity index is 673. The lowest BCUT2D eigenvalue weighted by Crippen LogP contribution is -2.52. The first-order valence-corrected chi connectivity index (χ1v) is 9.83. The predicted molar refractivity (Wildman–Crippen MR) is 97.2 cm³/mol. The minimum Gasteiger partial charge on any atom is -0.366 e. The smallest absolute Gasteiger partial charge is 0.0923 e. The van der Waals surface area contributed by atoms with Crippen LogP contribution in [0.1, 0.15) is 51.9 Å². The highest BCUT2D eigenvalue weighted by molar-refractivity contribution is 5.94. The zero-order valence-corrected chi connectivity index (χ0v) is 14.8. The second kappa shape index (κ2) is 4.94. The third-order valence-corrected chi connectivity index (χ3v) is 8.36. The summed E-state index contributed by atoms with van der Waals surface area (Å²) >= 11 is 0. The Labute approximate surface area is 145 Å². The summed E-state index contributed by atoms with van der Waals surface area (Å²) in [5, 5.41) is 8.05. The second-order valence-corrected chi connectivity index (χ2v) is 9.11. The normalized spacial score (nSPS) is 49.8. The minimum atomic E-state index is 0.0226. The van der Waals surface area contributed by atoms with Gasteiger partial charge in [-0.2, -0.15) is 0 Å². The second-order valence-electron chi connectivity index (χ2n) is 9.11. The molecule has 0 radical (unpaired) electrons. The predicted octanol–water partition coefficient (Wildman–Crippen LogP) is 5.07. The van der Waals surface area contributed by atoms with E-state index in [1.54, 1.807) is 0 Å². The SMILES string of the molecule is C=C1CC2C(CC[C@@]3(C)C2CC[C@@]32C=CCO2)[C@H]2CCC(=N)C=C12. The van der Waals surface area contributed by atoms with Crippen molar-refractivity contribution in [2.45, 2.75) is 57.5 Å². The lowest BCUT2D eigenvalue weighted by Gasteiger charge is -2.56. The van der Waals surface area contributed by atoms with Gasteiger partial charge >= 0.3 is 0 Å². The fourth-order valence-corrected chi connectivity index (χ4v) is 7.18. The molecule has 2 nitrogen and oxygen atoms in total. The summed E-state index contributed by atoms with van der Waals surface area (Å²) in [5.74, 6) is 3.04. The zero-order valence-electron chi connectivity index (χ0n) is 14.8. The highest BCUT2D eigenvalue weighted by Gasteiger charge is 2.63. The van der Waals surface area contributed by atoms with Crippen molar-refractivity contribution >= 4 is 5.71 Å². The molecule has 1 spiro atoms. The van der Waals surface area contributed by atoms with Crippen molar-refractivity contribution in [1.29, 1.82) is 5.41 Å². The van der Waals surface area contributed by atoms with Gasteiger partial charge in [-0.15, -0.1) is 0 Å². The Balaban J connectivity index is 1.51. The molecule has 0 aromatic carbocycles. The Kier molecular flexibility index (Phi) is 3.11. The van der Waals surface area contributed by atoms with Crippen molar-refractivity contribution in [3.8, 4) is 0 Å². The van der Waals surface area contributed by atoms with E-state index in [1.165, 1.54) is 43.3 Å². The lowest BCUT2D eigenvalue weighted by molar-refractivity contribution is -0.107. The third-order valence-electron chi connectivity index (χ3n) is 8.36. The maximum absolute atomic E-state index is 8.05. The van der Waals surface area contributed by atoms with Crippen molar-refractivity contribution in [3.63, 3.8) is 0 Å². The molecule has 128 valence electrons. The van der Waals surface area contributed by atoms with Crippen molar-refractivity contribution in [2.75, 3.05) is 6.61 Å². The first kappa shape index (κ1) is 15.1. The summed E-state index contributed by atoms with van der Waals surface area (Å²) < 4.78 is 6.33. The van der Waals surface area contributed by atoms with Gasteiger partial charge in [0.1, 0.15) is 0 Å². The zero-order chi connectivity index (χ0) is 16.5. The van der Waals surface area contributed by atoms with E-state index in [0.717, 1.165) is 42.9 Å². The molecular formula is C22H29NO. The minimum absolute atomic E-state index is 0.0226. The van der Waals surface area contributed by atoms with Gasteiger partial charge in [-0.3, -0.25) is 0 Å². The summed E-state index contributed by atoms with van der Waals surface area (Å²) in [6.45, 7) is 7.76. The Hall–Kier alpha value is -1.15. The molecule has 1 N–H and O–H groups in total. The molecule has 1 heterocycles. The summed E-state index contributed by atoms with van der Waals surface area (Å²) in [4.78, 5) is 0. The summed E-state index contributed by atoms with van der Waals surface area (Å²) in [5.41, 5.74) is 3.91. The van der Waals surface area contributed by atoms with E-state index in [1.807, 2.05) is 0 Å². The molecule has 5 aliphatic rings. The Morgan fingerprint density at radius 2 is 2.08 bits per heavy atom. The van der Waals surface area contributed by atoms with Crippen LogP contribution in [0, 0.1) is 34.5 Å². The average molecular weight is 323 g/mol. The van der Waals surface area contributed by atoms with E-state index >= 15 is 0 Å². The highest BCUT2D eigenvalue weighted by Crippen LogP contribution is 2.67. The molecule has 0 amide bonds. The molecule has 2 heteroatoms. The quantitative estimate of drug-likeness (QED) is 0.620. The van der Waals surface area contributed by atoms with Gasteiger partial charge < -0.3 is 10.1 Å². The van der Waals surface area contributed by atoms with Crippen LogP contribution in [0.4, 0.5) is 0 Å². The van der Waals surface area contributed by atoms with Crippen LogP contribution in [0.15, 0.2) is 36.0 Å². The van der Waals surface area contributed by atoms with E-state index in [4.69, 9.17) is 10.1 Å². The van der Waals surface area contributed by atoms with Crippen LogP contribution in [0.3, 0.4) is 0 Å². The van der Waals surface area contributed by atoms with E-state index < -0.39 is 0 Å². The molecule has 0 aromatic heterocycles. The summed E-state index contributed by atoms with van der Waals surface area (Å²) in [7, 11) is 0. The van der Waals surface area contributed by atoms with E-state index in [2.05, 4.69) is 31.7 Å². The molecule has 0 saturated heterocycles. The molecule has 0 aromatic rings. The van der Waals surface area contributed by atoms with Crippen LogP contribution in [-0.4, -0.2) is 17.9 Å². The third kappa shape index (κ3) is 1.78. The number of hydrogen-bond acceptors (Lipinski definition) is 2. The number of rotatable bonds is 0. The van der Waals surface area contributed by atoms with Gasteiger partial charge in [0.25, 0.3) is 0 Å². The molecule has 3 saturated carbocycles. The van der Waals surface area contributed by atoms with Crippen molar-refractivity contribution < 1.29 is 4.74 Å². The van der Waals surface area contributed by atoms with Crippen LogP contribution in [-0.2, 0) is 4.74 Å². The molecule has 0 bridgehead atoms. The summed E-state index contributed by atoms with van der Waals surface area (Å²) in [6.07, 6.45) is 15.2. The molecule has 24 heavy (non-hydrogen) atoms. The van der Waals surface area contributed by atoms with Crippen molar-refractivity contribution in [3.05, 3.63) is 36.0 Å². The topological polar surface area (TPSA) is 33.1 Å². The lowest BCUT2D eigenvalue weighted by atomic mass is 9.50. The van der Waals surface area contributed by atoms with Crippen molar-refractivity contribution in [2.24, 2.45) is 29.1 Å². The van der Waals surface area contributed by atoms with E-state index in [0.29, 0.717) is 11.3 Å². The number of hydrogen-bond donors (Lipinski definition) is 1. The van der Waals surface area contributed by atoms with Gasteiger partial charge in [0.2, 0.25) is 0 Å². The number of nitrogens with one attached hydrogen (secondary N) is 1. The maximum Gasteiger partial charge on any atom is 0.0923 e. The fourth-order valence-electron chi connectivity index (χ4n) is 7.18. The van der Waals surface area contributed by atoms with E-state index in [-0.39, 0.29) is 5.60 Å². The molecule has 3 unspecified atom stereocenters. The average Bonchev–Trinajstić information content (AvgIpc) is 3.15. The Morgan fingerprint density at radius 3 is 2.88 bits per heavy atom. The fraction of sp³-hybridized carbons (Fsp3) is 0.682. The molecule has 3 fully saturated rings. The van der Waals surface area contributed by atoms with Crippen LogP contribution in [0.25, 0.3) is 0 Å².